The van der Waals surface area contributed by atoms with Crippen LogP contribution in [-0.2, 0) is 0 Å². The maximum Gasteiger partial charge on any atom is 0.259 e. The fraction of sp³-hybridized carbons (Fsp3) is 0.391. The van der Waals surface area contributed by atoms with E-state index in [1.165, 1.54) is 12.8 Å². The minimum absolute atomic E-state index is 0.137. The SMILES string of the molecule is Cc1cc2nc(-c3nc4ccc(N5CCN(C6CC6)CC5)cc4c(=O)[nH]3)cn2c(C)n1. The molecule has 0 spiro atoms. The number of benzene rings is 1. The van der Waals surface area contributed by atoms with Gasteiger partial charge in [0.05, 0.1) is 10.9 Å². The second-order valence-corrected chi connectivity index (χ2v) is 8.67. The summed E-state index contributed by atoms with van der Waals surface area (Å²) >= 11 is 0. The Morgan fingerprint density at radius 1 is 1.00 bits per heavy atom. The molecule has 1 aliphatic heterocycles. The zero-order valence-corrected chi connectivity index (χ0v) is 17.8. The van der Waals surface area contributed by atoms with Crippen molar-refractivity contribution in [2.45, 2.75) is 32.7 Å². The molecule has 8 nitrogen and oxygen atoms in total. The van der Waals surface area contributed by atoms with Crippen molar-refractivity contribution in [1.29, 1.82) is 0 Å². The molecule has 0 unspecified atom stereocenters. The van der Waals surface area contributed by atoms with E-state index in [4.69, 9.17) is 4.98 Å². The van der Waals surface area contributed by atoms with Crippen LogP contribution in [0, 0.1) is 13.8 Å². The van der Waals surface area contributed by atoms with E-state index in [1.807, 2.05) is 42.6 Å². The first-order valence-corrected chi connectivity index (χ1v) is 10.9. The average molecular weight is 416 g/mol. The summed E-state index contributed by atoms with van der Waals surface area (Å²) in [7, 11) is 0. The van der Waals surface area contributed by atoms with Crippen molar-refractivity contribution < 1.29 is 0 Å². The van der Waals surface area contributed by atoms with Gasteiger partial charge in [-0.3, -0.25) is 14.1 Å². The first kappa shape index (κ1) is 18.5. The molecule has 1 saturated heterocycles. The van der Waals surface area contributed by atoms with Gasteiger partial charge in [0.15, 0.2) is 5.82 Å². The van der Waals surface area contributed by atoms with E-state index >= 15 is 0 Å². The molecule has 3 aromatic heterocycles. The smallest absolute Gasteiger partial charge is 0.259 e. The van der Waals surface area contributed by atoms with E-state index in [9.17, 15) is 4.79 Å². The van der Waals surface area contributed by atoms with Crippen LogP contribution < -0.4 is 10.5 Å². The number of fused-ring (bicyclic) bond motifs is 2. The fourth-order valence-corrected chi connectivity index (χ4v) is 4.63. The Kier molecular flexibility index (Phi) is 4.11. The molecule has 0 bridgehead atoms. The van der Waals surface area contributed by atoms with Crippen molar-refractivity contribution in [3.63, 3.8) is 0 Å². The molecule has 1 saturated carbocycles. The molecular formula is C23H25N7O. The summed E-state index contributed by atoms with van der Waals surface area (Å²) in [6, 6.07) is 8.73. The molecule has 6 rings (SSSR count). The van der Waals surface area contributed by atoms with Gasteiger partial charge >= 0.3 is 0 Å². The number of nitrogens with zero attached hydrogens (tertiary/aromatic N) is 6. The number of H-pyrrole nitrogens is 1. The van der Waals surface area contributed by atoms with Gasteiger partial charge in [-0.2, -0.15) is 0 Å². The molecule has 0 atom stereocenters. The number of aromatic nitrogens is 5. The van der Waals surface area contributed by atoms with Crippen molar-refractivity contribution in [1.82, 2.24) is 29.2 Å². The highest BCUT2D eigenvalue weighted by atomic mass is 16.1. The highest BCUT2D eigenvalue weighted by molar-refractivity contribution is 5.83. The van der Waals surface area contributed by atoms with E-state index in [1.54, 1.807) is 0 Å². The number of hydrogen-bond donors (Lipinski definition) is 1. The lowest BCUT2D eigenvalue weighted by Crippen LogP contribution is -2.47. The zero-order chi connectivity index (χ0) is 21.1. The number of aryl methyl sites for hydroxylation is 2. The van der Waals surface area contributed by atoms with E-state index in [0.717, 1.165) is 55.1 Å². The molecule has 0 amide bonds. The van der Waals surface area contributed by atoms with Crippen LogP contribution in [0.3, 0.4) is 0 Å². The maximum absolute atomic E-state index is 12.9. The van der Waals surface area contributed by atoms with Crippen LogP contribution >= 0.6 is 0 Å². The number of hydrogen-bond acceptors (Lipinski definition) is 6. The van der Waals surface area contributed by atoms with Crippen LogP contribution in [0.4, 0.5) is 5.69 Å². The Morgan fingerprint density at radius 2 is 1.81 bits per heavy atom. The molecule has 2 fully saturated rings. The lowest BCUT2D eigenvalue weighted by atomic mass is 10.2. The first-order valence-electron chi connectivity index (χ1n) is 10.9. The molecule has 1 aromatic carbocycles. The van der Waals surface area contributed by atoms with Gasteiger partial charge in [-0.15, -0.1) is 0 Å². The van der Waals surface area contributed by atoms with Gasteiger partial charge in [0.1, 0.15) is 17.2 Å². The number of anilines is 1. The van der Waals surface area contributed by atoms with Gasteiger partial charge in [0, 0.05) is 55.9 Å². The summed E-state index contributed by atoms with van der Waals surface area (Å²) < 4.78 is 1.91. The molecule has 4 heterocycles. The highest BCUT2D eigenvalue weighted by Crippen LogP contribution is 2.29. The largest absolute Gasteiger partial charge is 0.369 e. The monoisotopic (exact) mass is 415 g/mol. The number of piperazine rings is 1. The van der Waals surface area contributed by atoms with Gasteiger partial charge in [0.25, 0.3) is 5.56 Å². The van der Waals surface area contributed by atoms with Gasteiger partial charge in [-0.05, 0) is 44.9 Å². The number of nitrogens with one attached hydrogen (secondary N) is 1. The topological polar surface area (TPSA) is 82.4 Å². The summed E-state index contributed by atoms with van der Waals surface area (Å²) in [6.07, 6.45) is 4.57. The van der Waals surface area contributed by atoms with Crippen LogP contribution in [0.2, 0.25) is 0 Å². The molecule has 1 N–H and O–H groups in total. The van der Waals surface area contributed by atoms with Crippen molar-refractivity contribution >= 4 is 22.2 Å². The fourth-order valence-electron chi connectivity index (χ4n) is 4.63. The highest BCUT2D eigenvalue weighted by Gasteiger charge is 2.31. The average Bonchev–Trinajstić information content (AvgIpc) is 3.52. The second kappa shape index (κ2) is 6.88. The van der Waals surface area contributed by atoms with Crippen molar-refractivity contribution in [3.05, 3.63) is 52.3 Å². The van der Waals surface area contributed by atoms with Crippen LogP contribution in [0.5, 0.6) is 0 Å². The summed E-state index contributed by atoms with van der Waals surface area (Å²) in [5.74, 6) is 1.33. The Morgan fingerprint density at radius 3 is 2.58 bits per heavy atom. The summed E-state index contributed by atoms with van der Waals surface area (Å²) in [5.41, 5.74) is 3.97. The summed E-state index contributed by atoms with van der Waals surface area (Å²) in [4.78, 5) is 34.6. The first-order chi connectivity index (χ1) is 15.0. The number of aromatic amines is 1. The van der Waals surface area contributed by atoms with Crippen molar-refractivity contribution in [2.24, 2.45) is 0 Å². The lowest BCUT2D eigenvalue weighted by molar-refractivity contribution is 0.248. The predicted molar refractivity (Wildman–Crippen MR) is 121 cm³/mol. The molecule has 2 aliphatic rings. The third-order valence-electron chi connectivity index (χ3n) is 6.43. The van der Waals surface area contributed by atoms with E-state index in [0.29, 0.717) is 22.4 Å². The second-order valence-electron chi connectivity index (χ2n) is 8.67. The number of imidazole rings is 1. The molecule has 1 aliphatic carbocycles. The van der Waals surface area contributed by atoms with E-state index < -0.39 is 0 Å². The number of rotatable bonds is 3. The van der Waals surface area contributed by atoms with Crippen molar-refractivity contribution in [3.8, 4) is 11.5 Å². The molecule has 31 heavy (non-hydrogen) atoms. The standard InChI is InChI=1S/C23H25N7O/c1-14-11-21-25-20(13-30(21)15(2)24-14)22-26-19-6-5-17(12-18(19)23(31)27-22)29-9-7-28(8-10-29)16-3-4-16/h5-6,11-13,16H,3-4,7-10H2,1-2H3,(H,26,27,31). The third-order valence-corrected chi connectivity index (χ3v) is 6.43. The molecule has 0 radical (unpaired) electrons. The molecule has 8 heteroatoms. The van der Waals surface area contributed by atoms with Crippen LogP contribution in [0.25, 0.3) is 28.1 Å². The molecule has 4 aromatic rings. The zero-order valence-electron chi connectivity index (χ0n) is 17.8. The third kappa shape index (κ3) is 3.27. The van der Waals surface area contributed by atoms with Crippen LogP contribution in [-0.4, -0.2) is 61.5 Å². The molecular weight excluding hydrogens is 390 g/mol. The van der Waals surface area contributed by atoms with Gasteiger partial charge in [0.2, 0.25) is 0 Å². The Balaban J connectivity index is 1.33. The van der Waals surface area contributed by atoms with Crippen molar-refractivity contribution in [2.75, 3.05) is 31.1 Å². The minimum atomic E-state index is -0.137. The Bertz CT molecular complexity index is 1360. The van der Waals surface area contributed by atoms with Crippen LogP contribution in [0.1, 0.15) is 24.4 Å². The minimum Gasteiger partial charge on any atom is -0.369 e. The van der Waals surface area contributed by atoms with Gasteiger partial charge < -0.3 is 9.88 Å². The summed E-state index contributed by atoms with van der Waals surface area (Å²) in [5, 5.41) is 0.614. The molecule has 158 valence electrons. The van der Waals surface area contributed by atoms with Gasteiger partial charge in [-0.1, -0.05) is 0 Å². The van der Waals surface area contributed by atoms with E-state index in [2.05, 4.69) is 30.8 Å². The maximum atomic E-state index is 12.9. The summed E-state index contributed by atoms with van der Waals surface area (Å²) in [6.45, 7) is 8.07. The van der Waals surface area contributed by atoms with Gasteiger partial charge in [-0.25, -0.2) is 15.0 Å². The van der Waals surface area contributed by atoms with E-state index in [-0.39, 0.29) is 5.56 Å². The Labute approximate surface area is 179 Å². The Hall–Kier alpha value is -3.26. The van der Waals surface area contributed by atoms with Crippen LogP contribution in [0.15, 0.2) is 35.3 Å². The normalized spacial score (nSPS) is 17.7. The quantitative estimate of drug-likeness (QED) is 0.554. The predicted octanol–water partition coefficient (Wildman–Crippen LogP) is 2.53. The lowest BCUT2D eigenvalue weighted by Gasteiger charge is -2.36.